The molecule has 1 atom stereocenters. The average Bonchev–Trinajstić information content (AvgIpc) is 2.89. The molecule has 1 amide bonds. The van der Waals surface area contributed by atoms with E-state index >= 15 is 0 Å². The minimum Gasteiger partial charge on any atom is -0.448 e. The molecule has 1 saturated heterocycles. The Labute approximate surface area is 149 Å². The molecule has 1 unspecified atom stereocenters. The molecule has 9 heteroatoms. The Morgan fingerprint density at radius 1 is 1.46 bits per heavy atom. The standard InChI is InChI=1S/C15H25N3O4S.ClH/c1-11-13(8-14(22-11)23(20,21)17(3)4)15(19)18-7-5-6-12(10-18)9-16-2;/h8,12,16H,5-7,9-10H2,1-4H3;1H. The molecule has 1 fully saturated rings. The smallest absolute Gasteiger partial charge is 0.275 e. The van der Waals surface area contributed by atoms with Gasteiger partial charge in [0.15, 0.2) is 0 Å². The van der Waals surface area contributed by atoms with E-state index in [4.69, 9.17) is 4.42 Å². The first-order valence-corrected chi connectivity index (χ1v) is 9.18. The summed E-state index contributed by atoms with van der Waals surface area (Å²) in [6.07, 6.45) is 2.05. The lowest BCUT2D eigenvalue weighted by Gasteiger charge is -2.32. The van der Waals surface area contributed by atoms with Crippen molar-refractivity contribution < 1.29 is 17.6 Å². The maximum atomic E-state index is 12.7. The van der Waals surface area contributed by atoms with E-state index in [0.29, 0.717) is 30.3 Å². The van der Waals surface area contributed by atoms with Crippen LogP contribution in [0.1, 0.15) is 29.0 Å². The number of hydrogen-bond donors (Lipinski definition) is 1. The number of nitrogens with zero attached hydrogens (tertiary/aromatic N) is 2. The summed E-state index contributed by atoms with van der Waals surface area (Å²) >= 11 is 0. The minimum atomic E-state index is -3.68. The van der Waals surface area contributed by atoms with Crippen LogP contribution in [0.4, 0.5) is 0 Å². The molecule has 0 spiro atoms. The number of aryl methyl sites for hydroxylation is 1. The normalized spacial score (nSPS) is 18.5. The lowest BCUT2D eigenvalue weighted by Crippen LogP contribution is -2.42. The Kier molecular flexibility index (Phi) is 7.27. The van der Waals surface area contributed by atoms with Crippen molar-refractivity contribution in [1.82, 2.24) is 14.5 Å². The fourth-order valence-electron chi connectivity index (χ4n) is 2.85. The number of furan rings is 1. The van der Waals surface area contributed by atoms with Gasteiger partial charge in [-0.25, -0.2) is 12.7 Å². The highest BCUT2D eigenvalue weighted by Crippen LogP contribution is 2.24. The molecule has 7 nitrogen and oxygen atoms in total. The Hall–Kier alpha value is -1.09. The van der Waals surface area contributed by atoms with Crippen LogP contribution < -0.4 is 5.32 Å². The molecule has 2 rings (SSSR count). The van der Waals surface area contributed by atoms with Crippen molar-refractivity contribution in [1.29, 1.82) is 0 Å². The van der Waals surface area contributed by atoms with Gasteiger partial charge in [-0.15, -0.1) is 12.4 Å². The second-order valence-corrected chi connectivity index (χ2v) is 8.22. The van der Waals surface area contributed by atoms with E-state index in [2.05, 4.69) is 5.32 Å². The van der Waals surface area contributed by atoms with Gasteiger partial charge >= 0.3 is 0 Å². The van der Waals surface area contributed by atoms with Gasteiger partial charge in [0.1, 0.15) is 5.76 Å². The van der Waals surface area contributed by atoms with Crippen LogP contribution in [0.5, 0.6) is 0 Å². The zero-order valence-corrected chi connectivity index (χ0v) is 16.2. The summed E-state index contributed by atoms with van der Waals surface area (Å²) in [7, 11) is 1.09. The summed E-state index contributed by atoms with van der Waals surface area (Å²) in [6.45, 7) is 3.87. The van der Waals surface area contributed by atoms with Gasteiger partial charge in [-0.05, 0) is 39.3 Å². The largest absolute Gasteiger partial charge is 0.448 e. The summed E-state index contributed by atoms with van der Waals surface area (Å²) in [5, 5.41) is 2.96. The van der Waals surface area contributed by atoms with Crippen molar-refractivity contribution in [3.63, 3.8) is 0 Å². The number of sulfonamides is 1. The quantitative estimate of drug-likeness (QED) is 0.834. The van der Waals surface area contributed by atoms with Crippen LogP contribution in [0.25, 0.3) is 0 Å². The van der Waals surface area contributed by atoms with E-state index in [-0.39, 0.29) is 23.4 Å². The van der Waals surface area contributed by atoms with Gasteiger partial charge in [0.25, 0.3) is 15.9 Å². The van der Waals surface area contributed by atoms with Crippen LogP contribution in [-0.4, -0.2) is 64.3 Å². The fraction of sp³-hybridized carbons (Fsp3) is 0.667. The summed E-state index contributed by atoms with van der Waals surface area (Å²) in [6, 6.07) is 1.34. The van der Waals surface area contributed by atoms with Gasteiger partial charge in [-0.2, -0.15) is 0 Å². The molecule has 0 saturated carbocycles. The Morgan fingerprint density at radius 2 is 2.12 bits per heavy atom. The predicted octanol–water partition coefficient (Wildman–Crippen LogP) is 1.33. The van der Waals surface area contributed by atoms with Gasteiger partial charge in [-0.3, -0.25) is 4.79 Å². The molecule has 0 aliphatic carbocycles. The number of carbonyl (C=O) groups excluding carboxylic acids is 1. The van der Waals surface area contributed by atoms with Crippen molar-refractivity contribution in [2.45, 2.75) is 24.9 Å². The maximum Gasteiger partial charge on any atom is 0.275 e. The van der Waals surface area contributed by atoms with Crippen molar-refractivity contribution in [3.05, 3.63) is 17.4 Å². The van der Waals surface area contributed by atoms with E-state index in [1.54, 1.807) is 11.8 Å². The van der Waals surface area contributed by atoms with Crippen molar-refractivity contribution in [3.8, 4) is 0 Å². The molecular weight excluding hydrogens is 354 g/mol. The number of amides is 1. The number of nitrogens with one attached hydrogen (secondary N) is 1. The second kappa shape index (κ2) is 8.33. The number of halogens is 1. The number of likely N-dealkylation sites (tertiary alicyclic amines) is 1. The molecule has 2 heterocycles. The summed E-state index contributed by atoms with van der Waals surface area (Å²) in [4.78, 5) is 14.5. The predicted molar refractivity (Wildman–Crippen MR) is 94.1 cm³/mol. The monoisotopic (exact) mass is 379 g/mol. The molecule has 1 aliphatic heterocycles. The Morgan fingerprint density at radius 3 is 2.71 bits per heavy atom. The SMILES string of the molecule is CNCC1CCCN(C(=O)c2cc(S(=O)(=O)N(C)C)oc2C)C1.Cl. The third-order valence-corrected chi connectivity index (χ3v) is 5.83. The molecule has 0 radical (unpaired) electrons. The zero-order valence-electron chi connectivity index (χ0n) is 14.5. The number of rotatable bonds is 5. The minimum absolute atomic E-state index is 0. The second-order valence-electron chi connectivity index (χ2n) is 6.14. The molecule has 1 N–H and O–H groups in total. The van der Waals surface area contributed by atoms with Crippen LogP contribution in [0.3, 0.4) is 0 Å². The number of carbonyl (C=O) groups is 1. The molecule has 1 aliphatic rings. The molecular formula is C15H26ClN3O4S. The van der Waals surface area contributed by atoms with Gasteiger partial charge in [-0.1, -0.05) is 0 Å². The van der Waals surface area contributed by atoms with E-state index in [0.717, 1.165) is 23.7 Å². The van der Waals surface area contributed by atoms with Gasteiger partial charge in [0, 0.05) is 33.3 Å². The van der Waals surface area contributed by atoms with E-state index in [1.165, 1.54) is 20.2 Å². The number of piperidine rings is 1. The van der Waals surface area contributed by atoms with E-state index < -0.39 is 10.0 Å². The number of hydrogen-bond acceptors (Lipinski definition) is 5. The van der Waals surface area contributed by atoms with Crippen LogP contribution in [0.15, 0.2) is 15.6 Å². The summed E-state index contributed by atoms with van der Waals surface area (Å²) in [5.41, 5.74) is 0.329. The Balaban J connectivity index is 0.00000288. The van der Waals surface area contributed by atoms with Crippen molar-refractivity contribution in [2.75, 3.05) is 40.8 Å². The highest BCUT2D eigenvalue weighted by molar-refractivity contribution is 7.88. The van der Waals surface area contributed by atoms with Crippen LogP contribution in [-0.2, 0) is 10.0 Å². The van der Waals surface area contributed by atoms with Crippen LogP contribution in [0.2, 0.25) is 0 Å². The third-order valence-electron chi connectivity index (χ3n) is 4.16. The highest BCUT2D eigenvalue weighted by Gasteiger charge is 2.30. The summed E-state index contributed by atoms with van der Waals surface area (Å²) < 4.78 is 30.7. The first kappa shape index (κ1) is 21.0. The van der Waals surface area contributed by atoms with Crippen LogP contribution in [0, 0.1) is 12.8 Å². The van der Waals surface area contributed by atoms with Gasteiger partial charge in [0.05, 0.1) is 5.56 Å². The van der Waals surface area contributed by atoms with E-state index in [9.17, 15) is 13.2 Å². The molecule has 138 valence electrons. The molecule has 1 aromatic rings. The molecule has 24 heavy (non-hydrogen) atoms. The third kappa shape index (κ3) is 4.30. The highest BCUT2D eigenvalue weighted by atomic mass is 35.5. The maximum absolute atomic E-state index is 12.7. The molecule has 0 aromatic carbocycles. The molecule has 1 aromatic heterocycles. The Bertz CT molecular complexity index is 670. The zero-order chi connectivity index (χ0) is 17.2. The van der Waals surface area contributed by atoms with Crippen molar-refractivity contribution >= 4 is 28.3 Å². The van der Waals surface area contributed by atoms with Gasteiger partial charge in [0.2, 0.25) is 5.09 Å². The average molecular weight is 380 g/mol. The first-order valence-electron chi connectivity index (χ1n) is 7.74. The van der Waals surface area contributed by atoms with Crippen LogP contribution >= 0.6 is 12.4 Å². The molecule has 0 bridgehead atoms. The van der Waals surface area contributed by atoms with Gasteiger partial charge < -0.3 is 14.6 Å². The lowest BCUT2D eigenvalue weighted by molar-refractivity contribution is 0.0672. The fourth-order valence-corrected chi connectivity index (χ4v) is 3.71. The topological polar surface area (TPSA) is 82.9 Å². The first-order chi connectivity index (χ1) is 10.8. The lowest BCUT2D eigenvalue weighted by atomic mass is 9.97. The summed E-state index contributed by atoms with van der Waals surface area (Å²) in [5.74, 6) is 0.605. The van der Waals surface area contributed by atoms with E-state index in [1.807, 2.05) is 7.05 Å². The van der Waals surface area contributed by atoms with Crippen molar-refractivity contribution in [2.24, 2.45) is 5.92 Å².